The number of hydrogen-bond donors (Lipinski definition) is 1. The number of ketones is 1. The molecule has 1 aromatic heterocycles. The normalized spacial score (nSPS) is 10.2. The average Bonchev–Trinajstić information content (AvgIpc) is 2.89. The number of hydrogen-bond acceptors (Lipinski definition) is 5. The molecule has 0 aliphatic rings. The molecule has 2 aromatic rings. The van der Waals surface area contributed by atoms with Crippen LogP contribution in [0.15, 0.2) is 41.0 Å². The van der Waals surface area contributed by atoms with Crippen molar-refractivity contribution in [1.29, 1.82) is 0 Å². The molecule has 0 aliphatic carbocycles. The van der Waals surface area contributed by atoms with Crippen LogP contribution in [0.4, 0.5) is 11.4 Å². The Labute approximate surface area is 109 Å². The molecular formula is C13H12N2O4. The third kappa shape index (κ3) is 2.98. The van der Waals surface area contributed by atoms with Crippen LogP contribution in [0.2, 0.25) is 0 Å². The second-order valence-corrected chi connectivity index (χ2v) is 3.98. The lowest BCUT2D eigenvalue weighted by molar-refractivity contribution is -0.384. The summed E-state index contributed by atoms with van der Waals surface area (Å²) >= 11 is 0. The van der Waals surface area contributed by atoms with Crippen molar-refractivity contribution in [3.8, 4) is 0 Å². The zero-order chi connectivity index (χ0) is 13.8. The number of nitrogens with one attached hydrogen (secondary N) is 1. The Bertz CT molecular complexity index is 605. The van der Waals surface area contributed by atoms with E-state index in [4.69, 9.17) is 4.42 Å². The second kappa shape index (κ2) is 5.34. The molecule has 0 atom stereocenters. The van der Waals surface area contributed by atoms with Gasteiger partial charge in [-0.15, -0.1) is 0 Å². The highest BCUT2D eigenvalue weighted by Gasteiger charge is 2.16. The van der Waals surface area contributed by atoms with E-state index in [1.54, 1.807) is 18.2 Å². The van der Waals surface area contributed by atoms with Crippen LogP contribution in [-0.4, -0.2) is 10.7 Å². The van der Waals surface area contributed by atoms with Gasteiger partial charge in [0.25, 0.3) is 5.69 Å². The van der Waals surface area contributed by atoms with Gasteiger partial charge in [-0.1, -0.05) is 0 Å². The van der Waals surface area contributed by atoms with Gasteiger partial charge in [-0.25, -0.2) is 0 Å². The standard InChI is InChI=1S/C13H12N2O4/c1-9(16)10-4-5-12(13(7-10)15(17)18)14-8-11-3-2-6-19-11/h2-7,14H,8H2,1H3. The highest BCUT2D eigenvalue weighted by molar-refractivity contribution is 5.95. The third-order valence-electron chi connectivity index (χ3n) is 2.63. The van der Waals surface area contributed by atoms with Crippen LogP contribution in [-0.2, 0) is 6.54 Å². The van der Waals surface area contributed by atoms with Gasteiger partial charge >= 0.3 is 0 Å². The smallest absolute Gasteiger partial charge is 0.293 e. The maximum atomic E-state index is 11.2. The molecule has 0 fully saturated rings. The lowest BCUT2D eigenvalue weighted by atomic mass is 10.1. The van der Waals surface area contributed by atoms with Gasteiger partial charge in [-0.05, 0) is 31.2 Å². The monoisotopic (exact) mass is 260 g/mol. The van der Waals surface area contributed by atoms with E-state index < -0.39 is 4.92 Å². The number of Topliss-reactive ketones (excluding diaryl/α,β-unsaturated/α-hetero) is 1. The summed E-state index contributed by atoms with van der Waals surface area (Å²) in [5, 5.41) is 13.9. The first kappa shape index (κ1) is 12.8. The Hall–Kier alpha value is -2.63. The average molecular weight is 260 g/mol. The first-order chi connectivity index (χ1) is 9.08. The van der Waals surface area contributed by atoms with Crippen LogP contribution in [0, 0.1) is 10.1 Å². The Morgan fingerprint density at radius 1 is 1.42 bits per heavy atom. The number of rotatable bonds is 5. The van der Waals surface area contributed by atoms with E-state index in [0.29, 0.717) is 23.6 Å². The van der Waals surface area contributed by atoms with Gasteiger partial charge in [0.2, 0.25) is 0 Å². The number of nitro groups is 1. The Morgan fingerprint density at radius 3 is 2.79 bits per heavy atom. The molecule has 0 saturated carbocycles. The number of anilines is 1. The molecule has 98 valence electrons. The third-order valence-corrected chi connectivity index (χ3v) is 2.63. The molecule has 0 unspecified atom stereocenters. The van der Waals surface area contributed by atoms with Gasteiger partial charge in [0.1, 0.15) is 11.4 Å². The summed E-state index contributed by atoms with van der Waals surface area (Å²) in [6.07, 6.45) is 1.53. The van der Waals surface area contributed by atoms with Gasteiger partial charge in [0.15, 0.2) is 5.78 Å². The molecule has 0 aliphatic heterocycles. The molecule has 1 N–H and O–H groups in total. The van der Waals surface area contributed by atoms with Crippen LogP contribution < -0.4 is 5.32 Å². The van der Waals surface area contributed by atoms with E-state index >= 15 is 0 Å². The number of carbonyl (C=O) groups excluding carboxylic acids is 1. The molecule has 0 amide bonds. The van der Waals surface area contributed by atoms with Gasteiger partial charge in [-0.3, -0.25) is 14.9 Å². The van der Waals surface area contributed by atoms with Crippen molar-refractivity contribution < 1.29 is 14.1 Å². The SMILES string of the molecule is CC(=O)c1ccc(NCc2ccco2)c([N+](=O)[O-])c1. The molecular weight excluding hydrogens is 248 g/mol. The number of benzene rings is 1. The zero-order valence-corrected chi connectivity index (χ0v) is 10.3. The molecule has 6 heteroatoms. The van der Waals surface area contributed by atoms with Gasteiger partial charge < -0.3 is 9.73 Å². The molecule has 2 rings (SSSR count). The lowest BCUT2D eigenvalue weighted by Gasteiger charge is -2.06. The molecule has 0 saturated heterocycles. The molecule has 19 heavy (non-hydrogen) atoms. The predicted molar refractivity (Wildman–Crippen MR) is 69.1 cm³/mol. The van der Waals surface area contributed by atoms with Gasteiger partial charge in [-0.2, -0.15) is 0 Å². The van der Waals surface area contributed by atoms with Crippen LogP contribution in [0.25, 0.3) is 0 Å². The fourth-order valence-corrected chi connectivity index (χ4v) is 1.65. The van der Waals surface area contributed by atoms with Crippen LogP contribution in [0.3, 0.4) is 0 Å². The number of furan rings is 1. The fourth-order valence-electron chi connectivity index (χ4n) is 1.65. The van der Waals surface area contributed by atoms with E-state index in [9.17, 15) is 14.9 Å². The van der Waals surface area contributed by atoms with Crippen LogP contribution in [0.1, 0.15) is 23.0 Å². The summed E-state index contributed by atoms with van der Waals surface area (Å²) < 4.78 is 5.13. The minimum atomic E-state index is -0.517. The first-order valence-electron chi connectivity index (χ1n) is 5.63. The van der Waals surface area contributed by atoms with E-state index in [1.807, 2.05) is 0 Å². The van der Waals surface area contributed by atoms with E-state index in [0.717, 1.165) is 0 Å². The maximum absolute atomic E-state index is 11.2. The van der Waals surface area contributed by atoms with E-state index in [2.05, 4.69) is 5.32 Å². The van der Waals surface area contributed by atoms with Crippen molar-refractivity contribution in [2.45, 2.75) is 13.5 Å². The Balaban J connectivity index is 2.24. The fraction of sp³-hybridized carbons (Fsp3) is 0.154. The lowest BCUT2D eigenvalue weighted by Crippen LogP contribution is -2.03. The number of nitrogens with zero attached hydrogens (tertiary/aromatic N) is 1. The predicted octanol–water partition coefficient (Wildman–Crippen LogP) is 3.00. The van der Waals surface area contributed by atoms with Crippen molar-refractivity contribution in [2.24, 2.45) is 0 Å². The quantitative estimate of drug-likeness (QED) is 0.507. The van der Waals surface area contributed by atoms with Crippen LogP contribution in [0.5, 0.6) is 0 Å². The van der Waals surface area contributed by atoms with Crippen molar-refractivity contribution in [3.05, 3.63) is 58.0 Å². The summed E-state index contributed by atoms with van der Waals surface area (Å²) in [5.74, 6) is 0.464. The van der Waals surface area contributed by atoms with Crippen molar-refractivity contribution in [3.63, 3.8) is 0 Å². The second-order valence-electron chi connectivity index (χ2n) is 3.98. The Morgan fingerprint density at radius 2 is 2.21 bits per heavy atom. The van der Waals surface area contributed by atoms with Gasteiger partial charge in [0.05, 0.1) is 17.7 Å². The number of carbonyl (C=O) groups is 1. The largest absolute Gasteiger partial charge is 0.467 e. The summed E-state index contributed by atoms with van der Waals surface area (Å²) in [5.41, 5.74) is 0.543. The maximum Gasteiger partial charge on any atom is 0.293 e. The number of nitro benzene ring substituents is 1. The highest BCUT2D eigenvalue weighted by atomic mass is 16.6. The van der Waals surface area contributed by atoms with E-state index in [-0.39, 0.29) is 11.5 Å². The summed E-state index contributed by atoms with van der Waals surface area (Å²) in [6, 6.07) is 7.86. The van der Waals surface area contributed by atoms with Crippen LogP contribution >= 0.6 is 0 Å². The molecule has 1 aromatic carbocycles. The van der Waals surface area contributed by atoms with E-state index in [1.165, 1.54) is 25.3 Å². The summed E-state index contributed by atoms with van der Waals surface area (Å²) in [4.78, 5) is 21.7. The minimum Gasteiger partial charge on any atom is -0.467 e. The topological polar surface area (TPSA) is 85.4 Å². The Kier molecular flexibility index (Phi) is 3.61. The molecule has 0 spiro atoms. The molecule has 1 heterocycles. The molecule has 0 bridgehead atoms. The first-order valence-corrected chi connectivity index (χ1v) is 5.63. The minimum absolute atomic E-state index is 0.126. The molecule has 6 nitrogen and oxygen atoms in total. The summed E-state index contributed by atoms with van der Waals surface area (Å²) in [7, 11) is 0. The summed E-state index contributed by atoms with van der Waals surface area (Å²) in [6.45, 7) is 1.71. The van der Waals surface area contributed by atoms with Crippen molar-refractivity contribution in [1.82, 2.24) is 0 Å². The highest BCUT2D eigenvalue weighted by Crippen LogP contribution is 2.26. The zero-order valence-electron chi connectivity index (χ0n) is 10.3. The molecule has 0 radical (unpaired) electrons. The van der Waals surface area contributed by atoms with Crippen molar-refractivity contribution >= 4 is 17.2 Å². The van der Waals surface area contributed by atoms with Crippen molar-refractivity contribution in [2.75, 3.05) is 5.32 Å². The van der Waals surface area contributed by atoms with Gasteiger partial charge in [0, 0.05) is 11.6 Å².